The van der Waals surface area contributed by atoms with Gasteiger partial charge in [-0.15, -0.1) is 0 Å². The number of benzene rings is 1. The molecule has 19 heavy (non-hydrogen) atoms. The number of carboxylic acids is 1. The van der Waals surface area contributed by atoms with Gasteiger partial charge in [-0.25, -0.2) is 4.79 Å². The Labute approximate surface area is 107 Å². The smallest absolute Gasteiger partial charge is 0.416 e. The highest BCUT2D eigenvalue weighted by Gasteiger charge is 2.32. The van der Waals surface area contributed by atoms with Gasteiger partial charge in [-0.05, 0) is 18.2 Å². The minimum Gasteiger partial charge on any atom is -0.493 e. The first-order valence-electron chi connectivity index (χ1n) is 5.42. The van der Waals surface area contributed by atoms with E-state index in [1.807, 2.05) is 0 Å². The summed E-state index contributed by atoms with van der Waals surface area (Å²) in [5.41, 5.74) is -1.53. The van der Waals surface area contributed by atoms with Crippen LogP contribution in [-0.4, -0.2) is 31.4 Å². The van der Waals surface area contributed by atoms with Gasteiger partial charge in [-0.3, -0.25) is 0 Å². The van der Waals surface area contributed by atoms with Crippen LogP contribution in [0.3, 0.4) is 0 Å². The van der Waals surface area contributed by atoms with Crippen molar-refractivity contribution >= 4 is 5.97 Å². The number of halogens is 3. The van der Waals surface area contributed by atoms with Crippen LogP contribution in [0.1, 0.15) is 22.3 Å². The Morgan fingerprint density at radius 1 is 1.32 bits per heavy atom. The quantitative estimate of drug-likeness (QED) is 0.813. The van der Waals surface area contributed by atoms with Gasteiger partial charge in [0.2, 0.25) is 0 Å². The molecular weight excluding hydrogens is 265 g/mol. The molecule has 0 bridgehead atoms. The molecule has 1 rings (SSSR count). The van der Waals surface area contributed by atoms with Crippen molar-refractivity contribution in [3.8, 4) is 5.75 Å². The lowest BCUT2D eigenvalue weighted by atomic mass is 10.1. The van der Waals surface area contributed by atoms with Crippen molar-refractivity contribution in [3.63, 3.8) is 0 Å². The Balaban J connectivity index is 2.90. The highest BCUT2D eigenvalue weighted by molar-refractivity contribution is 5.91. The van der Waals surface area contributed by atoms with Crippen molar-refractivity contribution in [1.29, 1.82) is 0 Å². The van der Waals surface area contributed by atoms with Crippen LogP contribution in [0, 0.1) is 0 Å². The molecule has 0 aliphatic heterocycles. The van der Waals surface area contributed by atoms with E-state index in [1.54, 1.807) is 0 Å². The Hall–Kier alpha value is -1.76. The second-order valence-corrected chi connectivity index (χ2v) is 3.71. The molecule has 0 saturated carbocycles. The Morgan fingerprint density at radius 2 is 2.00 bits per heavy atom. The molecule has 0 fully saturated rings. The fourth-order valence-electron chi connectivity index (χ4n) is 1.38. The summed E-state index contributed by atoms with van der Waals surface area (Å²) in [5.74, 6) is -1.55. The molecule has 106 valence electrons. The summed E-state index contributed by atoms with van der Waals surface area (Å²) in [6.07, 6.45) is -4.07. The molecular formula is C12H13F3O4. The fourth-order valence-corrected chi connectivity index (χ4v) is 1.38. The standard InChI is InChI=1S/C12H13F3O4/c1-18-5-2-6-19-10-4-3-8(12(13,14)15)7-9(10)11(16)17/h3-4,7H,2,5-6H2,1H3,(H,16,17). The van der Waals surface area contributed by atoms with Gasteiger partial charge < -0.3 is 14.6 Å². The Morgan fingerprint density at radius 3 is 2.53 bits per heavy atom. The monoisotopic (exact) mass is 278 g/mol. The molecule has 0 spiro atoms. The van der Waals surface area contributed by atoms with Crippen molar-refractivity contribution < 1.29 is 32.5 Å². The maximum Gasteiger partial charge on any atom is 0.416 e. The van der Waals surface area contributed by atoms with Gasteiger partial charge >= 0.3 is 12.1 Å². The van der Waals surface area contributed by atoms with Crippen LogP contribution >= 0.6 is 0 Å². The molecule has 1 aromatic rings. The topological polar surface area (TPSA) is 55.8 Å². The molecule has 0 atom stereocenters. The van der Waals surface area contributed by atoms with E-state index in [2.05, 4.69) is 0 Å². The molecule has 7 heteroatoms. The fraction of sp³-hybridized carbons (Fsp3) is 0.417. The van der Waals surface area contributed by atoms with Crippen LogP contribution in [0.25, 0.3) is 0 Å². The van der Waals surface area contributed by atoms with Crippen molar-refractivity contribution in [1.82, 2.24) is 0 Å². The van der Waals surface area contributed by atoms with E-state index in [-0.39, 0.29) is 12.4 Å². The summed E-state index contributed by atoms with van der Waals surface area (Å²) < 4.78 is 47.3. The van der Waals surface area contributed by atoms with Crippen molar-refractivity contribution in [2.45, 2.75) is 12.6 Å². The number of rotatable bonds is 6. The van der Waals surface area contributed by atoms with Crippen LogP contribution in [0.4, 0.5) is 13.2 Å². The summed E-state index contributed by atoms with van der Waals surface area (Å²) in [6, 6.07) is 2.37. The first-order chi connectivity index (χ1) is 8.86. The van der Waals surface area contributed by atoms with Gasteiger partial charge in [0, 0.05) is 20.1 Å². The number of hydrogen-bond acceptors (Lipinski definition) is 3. The lowest BCUT2D eigenvalue weighted by Crippen LogP contribution is -2.10. The van der Waals surface area contributed by atoms with Gasteiger partial charge in [0.1, 0.15) is 11.3 Å². The normalized spacial score (nSPS) is 11.4. The molecule has 0 aliphatic carbocycles. The summed E-state index contributed by atoms with van der Waals surface area (Å²) in [6.45, 7) is 0.586. The number of ether oxygens (including phenoxy) is 2. The van der Waals surface area contributed by atoms with Crippen LogP contribution in [0.15, 0.2) is 18.2 Å². The lowest BCUT2D eigenvalue weighted by molar-refractivity contribution is -0.137. The maximum atomic E-state index is 12.5. The van der Waals surface area contributed by atoms with E-state index in [9.17, 15) is 18.0 Å². The van der Waals surface area contributed by atoms with Crippen LogP contribution in [0.5, 0.6) is 5.75 Å². The van der Waals surface area contributed by atoms with E-state index in [0.29, 0.717) is 19.1 Å². The summed E-state index contributed by atoms with van der Waals surface area (Å²) in [7, 11) is 1.50. The summed E-state index contributed by atoms with van der Waals surface area (Å²) in [4.78, 5) is 10.9. The van der Waals surface area contributed by atoms with Crippen molar-refractivity contribution in [2.75, 3.05) is 20.3 Å². The van der Waals surface area contributed by atoms with E-state index >= 15 is 0 Å². The number of hydrogen-bond donors (Lipinski definition) is 1. The third-order valence-electron chi connectivity index (χ3n) is 2.29. The third kappa shape index (κ3) is 4.44. The van der Waals surface area contributed by atoms with E-state index in [1.165, 1.54) is 7.11 Å². The van der Waals surface area contributed by atoms with Crippen molar-refractivity contribution in [2.24, 2.45) is 0 Å². The van der Waals surface area contributed by atoms with E-state index in [4.69, 9.17) is 14.6 Å². The second-order valence-electron chi connectivity index (χ2n) is 3.71. The number of carbonyl (C=O) groups is 1. The van der Waals surface area contributed by atoms with Gasteiger partial charge in [-0.1, -0.05) is 0 Å². The maximum absolute atomic E-state index is 12.5. The summed E-state index contributed by atoms with van der Waals surface area (Å²) >= 11 is 0. The first kappa shape index (κ1) is 15.3. The highest BCUT2D eigenvalue weighted by atomic mass is 19.4. The number of aromatic carboxylic acids is 1. The third-order valence-corrected chi connectivity index (χ3v) is 2.29. The van der Waals surface area contributed by atoms with Crippen LogP contribution in [0.2, 0.25) is 0 Å². The zero-order chi connectivity index (χ0) is 14.5. The molecule has 0 amide bonds. The Bertz CT molecular complexity index is 443. The molecule has 4 nitrogen and oxygen atoms in total. The first-order valence-corrected chi connectivity index (χ1v) is 5.42. The number of carboxylic acid groups (broad SMARTS) is 1. The molecule has 0 aromatic heterocycles. The highest BCUT2D eigenvalue weighted by Crippen LogP contribution is 2.32. The predicted molar refractivity (Wildman–Crippen MR) is 60.4 cm³/mol. The second kappa shape index (κ2) is 6.42. The van der Waals surface area contributed by atoms with Crippen LogP contribution < -0.4 is 4.74 Å². The largest absolute Gasteiger partial charge is 0.493 e. The molecule has 1 N–H and O–H groups in total. The minimum atomic E-state index is -4.58. The molecule has 0 heterocycles. The van der Waals surface area contributed by atoms with Crippen LogP contribution in [-0.2, 0) is 10.9 Å². The average Bonchev–Trinajstić information content (AvgIpc) is 2.33. The zero-order valence-corrected chi connectivity index (χ0v) is 10.2. The average molecular weight is 278 g/mol. The van der Waals surface area contributed by atoms with Gasteiger partial charge in [0.25, 0.3) is 0 Å². The summed E-state index contributed by atoms with van der Waals surface area (Å²) in [5, 5.41) is 8.89. The SMILES string of the molecule is COCCCOc1ccc(C(F)(F)F)cc1C(=O)O. The van der Waals surface area contributed by atoms with Crippen molar-refractivity contribution in [3.05, 3.63) is 29.3 Å². The van der Waals surface area contributed by atoms with Gasteiger partial charge in [0.15, 0.2) is 0 Å². The molecule has 1 aromatic carbocycles. The lowest BCUT2D eigenvalue weighted by Gasteiger charge is -2.12. The molecule has 0 unspecified atom stereocenters. The Kier molecular flexibility index (Phi) is 5.17. The number of methoxy groups -OCH3 is 1. The van der Waals surface area contributed by atoms with Gasteiger partial charge in [0.05, 0.1) is 12.2 Å². The van der Waals surface area contributed by atoms with E-state index in [0.717, 1.165) is 12.1 Å². The zero-order valence-electron chi connectivity index (χ0n) is 10.2. The number of alkyl halides is 3. The molecule has 0 radical (unpaired) electrons. The predicted octanol–water partition coefficient (Wildman–Crippen LogP) is 2.82. The molecule has 0 aliphatic rings. The van der Waals surface area contributed by atoms with Gasteiger partial charge in [-0.2, -0.15) is 13.2 Å². The minimum absolute atomic E-state index is 0.0865. The molecule has 0 saturated heterocycles. The van der Waals surface area contributed by atoms with E-state index < -0.39 is 23.3 Å².